The Balaban J connectivity index is 1.92. The number of benzene rings is 1. The molecule has 1 heteroatoms. The van der Waals surface area contributed by atoms with Crippen molar-refractivity contribution in [2.45, 2.75) is 111 Å². The largest absolute Gasteiger partial charge is 0.484 e. The lowest BCUT2D eigenvalue weighted by Gasteiger charge is -2.10. The minimum Gasteiger partial charge on any atom is -0.484 e. The lowest BCUT2D eigenvalue weighted by Crippen LogP contribution is -1.97. The number of hydrogen-bond donors (Lipinski definition) is 0. The first-order valence-corrected chi connectivity index (χ1v) is 10.8. The summed E-state index contributed by atoms with van der Waals surface area (Å²) < 4.78 is 5.69. The Hall–Kier alpha value is -0.980. The van der Waals surface area contributed by atoms with Crippen molar-refractivity contribution in [1.82, 2.24) is 0 Å². The molecule has 0 spiro atoms. The summed E-state index contributed by atoms with van der Waals surface area (Å²) in [6.07, 6.45) is 20.6. The molecule has 143 valence electrons. The second-order valence-corrected chi connectivity index (χ2v) is 7.65. The van der Waals surface area contributed by atoms with Crippen LogP contribution >= 0.6 is 0 Å². The van der Waals surface area contributed by atoms with Gasteiger partial charge in [-0.3, -0.25) is 0 Å². The molecule has 1 rings (SSSR count). The molecule has 0 heterocycles. The van der Waals surface area contributed by atoms with Gasteiger partial charge < -0.3 is 4.74 Å². The van der Waals surface area contributed by atoms with Gasteiger partial charge in [-0.15, -0.1) is 0 Å². The normalized spacial score (nSPS) is 11.2. The molecule has 0 aliphatic heterocycles. The van der Waals surface area contributed by atoms with Crippen LogP contribution in [0.15, 0.2) is 24.3 Å². The first-order valence-electron chi connectivity index (χ1n) is 10.8. The highest BCUT2D eigenvalue weighted by molar-refractivity contribution is 5.29. The summed E-state index contributed by atoms with van der Waals surface area (Å²) in [5.41, 5.74) is 1.40. The van der Waals surface area contributed by atoms with Gasteiger partial charge in [-0.25, -0.2) is 0 Å². The molecule has 0 atom stereocenters. The summed E-state index contributed by atoms with van der Waals surface area (Å²) in [6, 6.07) is 8.56. The van der Waals surface area contributed by atoms with Crippen molar-refractivity contribution in [3.8, 4) is 5.75 Å². The van der Waals surface area contributed by atoms with Crippen LogP contribution in [0.5, 0.6) is 5.75 Å². The predicted molar refractivity (Wildman–Crippen MR) is 111 cm³/mol. The molecular formula is C24H41O. The van der Waals surface area contributed by atoms with E-state index in [2.05, 4.69) is 25.1 Å². The summed E-state index contributed by atoms with van der Waals surface area (Å²) in [6.45, 7) is 6.29. The van der Waals surface area contributed by atoms with Crippen molar-refractivity contribution in [2.75, 3.05) is 0 Å². The van der Waals surface area contributed by atoms with Gasteiger partial charge in [0.05, 0.1) is 0 Å². The van der Waals surface area contributed by atoms with Gasteiger partial charge in [0, 0.05) is 0 Å². The van der Waals surface area contributed by atoms with Crippen molar-refractivity contribution in [3.05, 3.63) is 35.9 Å². The van der Waals surface area contributed by atoms with Gasteiger partial charge in [-0.1, -0.05) is 96.1 Å². The van der Waals surface area contributed by atoms with Crippen LogP contribution in [0, 0.1) is 6.10 Å². The average molecular weight is 346 g/mol. The zero-order chi connectivity index (χ0) is 18.2. The quantitative estimate of drug-likeness (QED) is 0.274. The van der Waals surface area contributed by atoms with Crippen molar-refractivity contribution >= 4 is 0 Å². The van der Waals surface area contributed by atoms with Gasteiger partial charge in [0.2, 0.25) is 0 Å². The molecule has 0 bridgehead atoms. The lowest BCUT2D eigenvalue weighted by atomic mass is 10.0. The Labute approximate surface area is 157 Å². The third-order valence-electron chi connectivity index (χ3n) is 4.79. The van der Waals surface area contributed by atoms with Gasteiger partial charge in [0.15, 0.2) is 0 Å². The molecule has 0 aromatic heterocycles. The number of unbranched alkanes of at least 4 members (excludes halogenated alkanes) is 12. The summed E-state index contributed by atoms with van der Waals surface area (Å²) in [5.74, 6) is 0.979. The molecule has 0 saturated carbocycles. The standard InChI is InChI=1S/C24H41O/c1-4-5-6-7-8-9-10-11-12-13-14-15-16-18-23-19-17-20-24(21-23)25-22(2)3/h17,19-21H,4-16,18H2,1-3H3. The van der Waals surface area contributed by atoms with Crippen LogP contribution in [0.2, 0.25) is 0 Å². The maximum absolute atomic E-state index is 5.69. The van der Waals surface area contributed by atoms with Crippen molar-refractivity contribution in [2.24, 2.45) is 0 Å². The van der Waals surface area contributed by atoms with E-state index in [-0.39, 0.29) is 0 Å². The summed E-state index contributed by atoms with van der Waals surface area (Å²) in [5, 5.41) is 0. The van der Waals surface area contributed by atoms with E-state index in [0.717, 1.165) is 11.9 Å². The Morgan fingerprint density at radius 3 is 1.76 bits per heavy atom. The first kappa shape index (κ1) is 22.1. The SMILES string of the molecule is CCCCCCCCCCCCCCCc1cccc(O[C](C)C)c1. The van der Waals surface area contributed by atoms with Crippen LogP contribution in [0.1, 0.15) is 110 Å². The molecule has 0 aliphatic carbocycles. The second kappa shape index (κ2) is 15.3. The van der Waals surface area contributed by atoms with E-state index in [0.29, 0.717) is 0 Å². The minimum absolute atomic E-state index is 0.979. The van der Waals surface area contributed by atoms with E-state index in [9.17, 15) is 0 Å². The Bertz CT molecular complexity index is 410. The fourth-order valence-corrected chi connectivity index (χ4v) is 3.35. The number of rotatable bonds is 16. The molecule has 1 aromatic rings. The molecule has 1 nitrogen and oxygen atoms in total. The zero-order valence-electron chi connectivity index (χ0n) is 17.1. The van der Waals surface area contributed by atoms with Gasteiger partial charge in [-0.05, 0) is 44.4 Å². The third-order valence-corrected chi connectivity index (χ3v) is 4.79. The van der Waals surface area contributed by atoms with Gasteiger partial charge in [0.1, 0.15) is 11.9 Å². The number of hydrogen-bond acceptors (Lipinski definition) is 1. The predicted octanol–water partition coefficient (Wildman–Crippen LogP) is 8.27. The summed E-state index contributed by atoms with van der Waals surface area (Å²) >= 11 is 0. The van der Waals surface area contributed by atoms with Crippen LogP contribution in [-0.2, 0) is 6.42 Å². The number of aryl methyl sites for hydroxylation is 1. The topological polar surface area (TPSA) is 9.23 Å². The molecular weight excluding hydrogens is 304 g/mol. The number of ether oxygens (including phenoxy) is 1. The highest BCUT2D eigenvalue weighted by Crippen LogP contribution is 2.19. The van der Waals surface area contributed by atoms with Crippen molar-refractivity contribution in [1.29, 1.82) is 0 Å². The minimum atomic E-state index is 0.979. The third kappa shape index (κ3) is 13.0. The smallest absolute Gasteiger partial charge is 0.142 e. The highest BCUT2D eigenvalue weighted by atomic mass is 16.5. The molecule has 1 radical (unpaired) electrons. The fraction of sp³-hybridized carbons (Fsp3) is 0.708. The molecule has 0 N–H and O–H groups in total. The van der Waals surface area contributed by atoms with Gasteiger partial charge in [0.25, 0.3) is 0 Å². The van der Waals surface area contributed by atoms with Crippen LogP contribution in [0.3, 0.4) is 0 Å². The maximum atomic E-state index is 5.69. The first-order chi connectivity index (χ1) is 12.2. The van der Waals surface area contributed by atoms with Crippen molar-refractivity contribution in [3.63, 3.8) is 0 Å². The molecule has 0 unspecified atom stereocenters. The monoisotopic (exact) mass is 345 g/mol. The van der Waals surface area contributed by atoms with Gasteiger partial charge >= 0.3 is 0 Å². The Kier molecular flexibility index (Phi) is 13.5. The zero-order valence-corrected chi connectivity index (χ0v) is 17.1. The van der Waals surface area contributed by atoms with E-state index in [1.54, 1.807) is 0 Å². The molecule has 0 amide bonds. The van der Waals surface area contributed by atoms with E-state index >= 15 is 0 Å². The highest BCUT2D eigenvalue weighted by Gasteiger charge is 2.00. The summed E-state index contributed by atoms with van der Waals surface area (Å²) in [7, 11) is 0. The molecule has 0 fully saturated rings. The Morgan fingerprint density at radius 2 is 1.24 bits per heavy atom. The van der Waals surface area contributed by atoms with E-state index in [1.165, 1.54) is 95.5 Å². The maximum Gasteiger partial charge on any atom is 0.142 e. The van der Waals surface area contributed by atoms with Crippen LogP contribution < -0.4 is 4.74 Å². The molecule has 1 aromatic carbocycles. The molecule has 0 aliphatic rings. The Morgan fingerprint density at radius 1 is 0.720 bits per heavy atom. The summed E-state index contributed by atoms with van der Waals surface area (Å²) in [4.78, 5) is 0. The van der Waals surface area contributed by atoms with Crippen molar-refractivity contribution < 1.29 is 4.74 Å². The second-order valence-electron chi connectivity index (χ2n) is 7.65. The fourth-order valence-electron chi connectivity index (χ4n) is 3.35. The molecule has 25 heavy (non-hydrogen) atoms. The molecule has 0 saturated heterocycles. The van der Waals surface area contributed by atoms with E-state index in [1.807, 2.05) is 19.9 Å². The van der Waals surface area contributed by atoms with Crippen LogP contribution in [0.4, 0.5) is 0 Å². The lowest BCUT2D eigenvalue weighted by molar-refractivity contribution is 0.345. The van der Waals surface area contributed by atoms with Gasteiger partial charge in [-0.2, -0.15) is 0 Å². The van der Waals surface area contributed by atoms with Crippen LogP contribution in [-0.4, -0.2) is 0 Å². The van der Waals surface area contributed by atoms with E-state index < -0.39 is 0 Å². The average Bonchev–Trinajstić information content (AvgIpc) is 2.59. The van der Waals surface area contributed by atoms with E-state index in [4.69, 9.17) is 4.74 Å². The van der Waals surface area contributed by atoms with Crippen LogP contribution in [0.25, 0.3) is 0 Å².